The van der Waals surface area contributed by atoms with Gasteiger partial charge in [-0.15, -0.1) is 0 Å². The number of rotatable bonds is 4. The van der Waals surface area contributed by atoms with Gasteiger partial charge in [-0.05, 0) is 54.2 Å². The molecular formula is C17H18ClNO. The number of anilines is 1. The second kappa shape index (κ2) is 5.76. The third-order valence-electron chi connectivity index (χ3n) is 3.81. The van der Waals surface area contributed by atoms with Gasteiger partial charge in [0.1, 0.15) is 5.75 Å². The van der Waals surface area contributed by atoms with Crippen LogP contribution in [0.4, 0.5) is 5.69 Å². The summed E-state index contributed by atoms with van der Waals surface area (Å²) in [7, 11) is 1.67. The molecule has 0 radical (unpaired) electrons. The summed E-state index contributed by atoms with van der Waals surface area (Å²) >= 11 is 6.04. The largest absolute Gasteiger partial charge is 0.495 e. The molecule has 0 unspecified atom stereocenters. The maximum Gasteiger partial charge on any atom is 0.142 e. The first-order valence-corrected chi connectivity index (χ1v) is 7.32. The van der Waals surface area contributed by atoms with E-state index in [1.165, 1.54) is 36.0 Å². The van der Waals surface area contributed by atoms with E-state index in [4.69, 9.17) is 16.3 Å². The lowest BCUT2D eigenvalue weighted by Gasteiger charge is -2.12. The van der Waals surface area contributed by atoms with E-state index >= 15 is 0 Å². The number of hydrogen-bond donors (Lipinski definition) is 1. The molecule has 20 heavy (non-hydrogen) atoms. The van der Waals surface area contributed by atoms with Crippen molar-refractivity contribution in [1.82, 2.24) is 0 Å². The molecule has 0 spiro atoms. The van der Waals surface area contributed by atoms with Gasteiger partial charge in [0.05, 0.1) is 12.8 Å². The van der Waals surface area contributed by atoms with Crippen LogP contribution in [-0.2, 0) is 19.4 Å². The summed E-state index contributed by atoms with van der Waals surface area (Å²) < 4.78 is 5.34. The molecule has 2 aromatic carbocycles. The van der Waals surface area contributed by atoms with Crippen LogP contribution in [0.5, 0.6) is 5.75 Å². The van der Waals surface area contributed by atoms with E-state index in [-0.39, 0.29) is 0 Å². The topological polar surface area (TPSA) is 21.3 Å². The summed E-state index contributed by atoms with van der Waals surface area (Å²) in [4.78, 5) is 0. The minimum atomic E-state index is 0.710. The van der Waals surface area contributed by atoms with Crippen LogP contribution < -0.4 is 10.1 Å². The average molecular weight is 288 g/mol. The van der Waals surface area contributed by atoms with Crippen molar-refractivity contribution in [3.8, 4) is 5.75 Å². The van der Waals surface area contributed by atoms with Crippen molar-refractivity contribution in [2.75, 3.05) is 12.4 Å². The summed E-state index contributed by atoms with van der Waals surface area (Å²) in [6.45, 7) is 0.782. The van der Waals surface area contributed by atoms with E-state index in [2.05, 4.69) is 23.5 Å². The van der Waals surface area contributed by atoms with Crippen LogP contribution in [-0.4, -0.2) is 7.11 Å². The zero-order chi connectivity index (χ0) is 13.9. The number of methoxy groups -OCH3 is 1. The Labute approximate surface area is 124 Å². The second-order valence-corrected chi connectivity index (χ2v) is 5.59. The van der Waals surface area contributed by atoms with E-state index in [1.54, 1.807) is 7.11 Å². The maximum atomic E-state index is 6.04. The summed E-state index contributed by atoms with van der Waals surface area (Å²) in [5, 5.41) is 4.11. The number of halogens is 1. The van der Waals surface area contributed by atoms with Crippen molar-refractivity contribution in [2.24, 2.45) is 0 Å². The zero-order valence-electron chi connectivity index (χ0n) is 11.6. The smallest absolute Gasteiger partial charge is 0.142 e. The van der Waals surface area contributed by atoms with Crippen LogP contribution in [0.2, 0.25) is 5.02 Å². The molecule has 1 N–H and O–H groups in total. The third-order valence-corrected chi connectivity index (χ3v) is 4.04. The van der Waals surface area contributed by atoms with Gasteiger partial charge in [-0.3, -0.25) is 0 Å². The summed E-state index contributed by atoms with van der Waals surface area (Å²) in [6.07, 6.45) is 3.73. The minimum Gasteiger partial charge on any atom is -0.495 e. The SMILES string of the molecule is COc1ccc(Cl)cc1NCc1ccc2c(c1)CCC2. The molecule has 2 aromatic rings. The van der Waals surface area contributed by atoms with E-state index in [0.717, 1.165) is 18.0 Å². The summed E-state index contributed by atoms with van der Waals surface area (Å²) in [5.41, 5.74) is 5.24. The van der Waals surface area contributed by atoms with Crippen molar-refractivity contribution in [3.63, 3.8) is 0 Å². The molecule has 0 bridgehead atoms. The Hall–Kier alpha value is -1.67. The van der Waals surface area contributed by atoms with Crippen LogP contribution in [0.25, 0.3) is 0 Å². The van der Waals surface area contributed by atoms with Crippen molar-refractivity contribution in [3.05, 3.63) is 58.1 Å². The van der Waals surface area contributed by atoms with E-state index in [0.29, 0.717) is 5.02 Å². The minimum absolute atomic E-state index is 0.710. The normalized spacial score (nSPS) is 13.1. The molecule has 3 rings (SSSR count). The number of aryl methyl sites for hydroxylation is 2. The maximum absolute atomic E-state index is 6.04. The lowest BCUT2D eigenvalue weighted by Crippen LogP contribution is -2.02. The predicted octanol–water partition coefficient (Wildman–Crippen LogP) is 4.45. The van der Waals surface area contributed by atoms with Gasteiger partial charge in [0.25, 0.3) is 0 Å². The fraction of sp³-hybridized carbons (Fsp3) is 0.294. The number of hydrogen-bond acceptors (Lipinski definition) is 2. The molecule has 1 aliphatic rings. The highest BCUT2D eigenvalue weighted by Crippen LogP contribution is 2.28. The molecule has 0 heterocycles. The molecule has 2 nitrogen and oxygen atoms in total. The van der Waals surface area contributed by atoms with Crippen molar-refractivity contribution in [2.45, 2.75) is 25.8 Å². The van der Waals surface area contributed by atoms with Crippen LogP contribution in [0, 0.1) is 0 Å². The first-order chi connectivity index (χ1) is 9.76. The average Bonchev–Trinajstić information content (AvgIpc) is 2.92. The Morgan fingerprint density at radius 2 is 1.95 bits per heavy atom. The van der Waals surface area contributed by atoms with Gasteiger partial charge >= 0.3 is 0 Å². The van der Waals surface area contributed by atoms with E-state index in [1.807, 2.05) is 18.2 Å². The quantitative estimate of drug-likeness (QED) is 0.897. The summed E-state index contributed by atoms with van der Waals surface area (Å²) in [5.74, 6) is 0.815. The highest BCUT2D eigenvalue weighted by Gasteiger charge is 2.11. The molecule has 0 atom stereocenters. The molecule has 0 fully saturated rings. The fourth-order valence-electron chi connectivity index (χ4n) is 2.75. The lowest BCUT2D eigenvalue weighted by molar-refractivity contribution is 0.416. The Bertz CT molecular complexity index is 624. The lowest BCUT2D eigenvalue weighted by atomic mass is 10.1. The number of ether oxygens (including phenoxy) is 1. The molecule has 1 aliphatic carbocycles. The number of nitrogens with one attached hydrogen (secondary N) is 1. The Balaban J connectivity index is 1.75. The fourth-order valence-corrected chi connectivity index (χ4v) is 2.92. The Kier molecular flexibility index (Phi) is 3.83. The van der Waals surface area contributed by atoms with Gasteiger partial charge in [0, 0.05) is 11.6 Å². The van der Waals surface area contributed by atoms with Gasteiger partial charge in [-0.2, -0.15) is 0 Å². The highest BCUT2D eigenvalue weighted by atomic mass is 35.5. The van der Waals surface area contributed by atoms with Gasteiger partial charge in [0.2, 0.25) is 0 Å². The van der Waals surface area contributed by atoms with Gasteiger partial charge in [-0.1, -0.05) is 29.8 Å². The zero-order valence-corrected chi connectivity index (χ0v) is 12.3. The van der Waals surface area contributed by atoms with Gasteiger partial charge in [0.15, 0.2) is 0 Å². The highest BCUT2D eigenvalue weighted by molar-refractivity contribution is 6.30. The van der Waals surface area contributed by atoms with Crippen molar-refractivity contribution in [1.29, 1.82) is 0 Å². The molecule has 104 valence electrons. The van der Waals surface area contributed by atoms with Crippen LogP contribution in [0.3, 0.4) is 0 Å². The van der Waals surface area contributed by atoms with Gasteiger partial charge < -0.3 is 10.1 Å². The van der Waals surface area contributed by atoms with Crippen LogP contribution in [0.15, 0.2) is 36.4 Å². The molecule has 0 amide bonds. The number of benzene rings is 2. The van der Waals surface area contributed by atoms with Crippen molar-refractivity contribution >= 4 is 17.3 Å². The predicted molar refractivity (Wildman–Crippen MR) is 83.8 cm³/mol. The monoisotopic (exact) mass is 287 g/mol. The first-order valence-electron chi connectivity index (χ1n) is 6.94. The number of fused-ring (bicyclic) bond motifs is 1. The first kappa shape index (κ1) is 13.3. The third kappa shape index (κ3) is 2.75. The molecule has 3 heteroatoms. The summed E-state index contributed by atoms with van der Waals surface area (Å²) in [6, 6.07) is 12.4. The Morgan fingerprint density at radius 3 is 2.80 bits per heavy atom. The molecular weight excluding hydrogens is 270 g/mol. The molecule has 0 aromatic heterocycles. The second-order valence-electron chi connectivity index (χ2n) is 5.15. The molecule has 0 aliphatic heterocycles. The van der Waals surface area contributed by atoms with E-state index < -0.39 is 0 Å². The van der Waals surface area contributed by atoms with Crippen LogP contribution in [0.1, 0.15) is 23.1 Å². The van der Waals surface area contributed by atoms with Crippen LogP contribution >= 0.6 is 11.6 Å². The van der Waals surface area contributed by atoms with Crippen molar-refractivity contribution < 1.29 is 4.74 Å². The Morgan fingerprint density at radius 1 is 1.10 bits per heavy atom. The standard InChI is InChI=1S/C17H18ClNO/c1-20-17-8-7-15(18)10-16(17)19-11-12-5-6-13-3-2-4-14(13)9-12/h5-10,19H,2-4,11H2,1H3. The van der Waals surface area contributed by atoms with E-state index in [9.17, 15) is 0 Å². The molecule has 0 saturated carbocycles. The molecule has 0 saturated heterocycles. The van der Waals surface area contributed by atoms with Gasteiger partial charge in [-0.25, -0.2) is 0 Å².